The highest BCUT2D eigenvalue weighted by molar-refractivity contribution is 6.32. The second-order valence-electron chi connectivity index (χ2n) is 3.92. The van der Waals surface area contributed by atoms with E-state index in [1.807, 2.05) is 13.0 Å². The van der Waals surface area contributed by atoms with Gasteiger partial charge in [-0.1, -0.05) is 17.7 Å². The molecule has 1 aromatic carbocycles. The van der Waals surface area contributed by atoms with Crippen molar-refractivity contribution in [2.45, 2.75) is 13.0 Å². The van der Waals surface area contributed by atoms with Crippen molar-refractivity contribution in [2.75, 3.05) is 26.8 Å². The highest BCUT2D eigenvalue weighted by atomic mass is 35.5. The smallest absolute Gasteiger partial charge is 0.138 e. The number of hydrogen-bond donors (Lipinski definition) is 1. The molecule has 1 unspecified atom stereocenters. The minimum atomic E-state index is 0.0959. The van der Waals surface area contributed by atoms with Crippen LogP contribution in [-0.4, -0.2) is 26.8 Å². The zero-order valence-electron chi connectivity index (χ0n) is 9.55. The summed E-state index contributed by atoms with van der Waals surface area (Å²) < 4.78 is 10.9. The van der Waals surface area contributed by atoms with E-state index >= 15 is 0 Å². The molecule has 1 saturated heterocycles. The summed E-state index contributed by atoms with van der Waals surface area (Å²) in [4.78, 5) is 0. The molecule has 1 aromatic rings. The minimum Gasteiger partial charge on any atom is -0.495 e. The van der Waals surface area contributed by atoms with Gasteiger partial charge in [0, 0.05) is 13.1 Å². The minimum absolute atomic E-state index is 0.0959. The van der Waals surface area contributed by atoms with Crippen LogP contribution < -0.4 is 10.1 Å². The zero-order valence-corrected chi connectivity index (χ0v) is 10.3. The molecule has 0 aliphatic carbocycles. The van der Waals surface area contributed by atoms with E-state index in [0.29, 0.717) is 10.8 Å². The normalized spacial score (nSPS) is 20.8. The van der Waals surface area contributed by atoms with Crippen molar-refractivity contribution in [1.82, 2.24) is 5.32 Å². The fraction of sp³-hybridized carbons (Fsp3) is 0.500. The lowest BCUT2D eigenvalue weighted by Crippen LogP contribution is -2.33. The molecule has 3 nitrogen and oxygen atoms in total. The van der Waals surface area contributed by atoms with Gasteiger partial charge in [0.25, 0.3) is 0 Å². The Kier molecular flexibility index (Phi) is 3.69. The van der Waals surface area contributed by atoms with E-state index in [4.69, 9.17) is 21.1 Å². The highest BCUT2D eigenvalue weighted by Crippen LogP contribution is 2.32. The maximum atomic E-state index is 6.12. The van der Waals surface area contributed by atoms with Gasteiger partial charge in [0.2, 0.25) is 0 Å². The number of hydrogen-bond acceptors (Lipinski definition) is 3. The molecule has 2 rings (SSSR count). The van der Waals surface area contributed by atoms with Crippen molar-refractivity contribution in [3.63, 3.8) is 0 Å². The first-order chi connectivity index (χ1) is 7.72. The number of nitrogens with one attached hydrogen (secondary N) is 1. The molecular weight excluding hydrogens is 226 g/mol. The third kappa shape index (κ3) is 2.32. The summed E-state index contributed by atoms with van der Waals surface area (Å²) in [7, 11) is 1.63. The van der Waals surface area contributed by atoms with Crippen molar-refractivity contribution >= 4 is 11.6 Å². The van der Waals surface area contributed by atoms with Gasteiger partial charge < -0.3 is 14.8 Å². The Hall–Kier alpha value is -0.770. The van der Waals surface area contributed by atoms with Gasteiger partial charge in [-0.05, 0) is 24.1 Å². The zero-order chi connectivity index (χ0) is 11.5. The molecule has 0 amide bonds. The van der Waals surface area contributed by atoms with Crippen LogP contribution in [0.4, 0.5) is 0 Å². The molecule has 0 saturated carbocycles. The lowest BCUT2D eigenvalue weighted by atomic mass is 10.0. The molecule has 1 N–H and O–H groups in total. The number of benzene rings is 1. The SMILES string of the molecule is COc1cc(C2CNCCO2)cc(C)c1Cl. The molecule has 1 heterocycles. The van der Waals surface area contributed by atoms with Crippen LogP contribution in [0.25, 0.3) is 0 Å². The third-order valence-corrected chi connectivity index (χ3v) is 3.25. The summed E-state index contributed by atoms with van der Waals surface area (Å²) in [5.74, 6) is 0.714. The Bertz CT molecular complexity index is 376. The Morgan fingerprint density at radius 3 is 2.94 bits per heavy atom. The van der Waals surface area contributed by atoms with E-state index in [1.165, 1.54) is 0 Å². The number of ether oxygens (including phenoxy) is 2. The number of halogens is 1. The number of aryl methyl sites for hydroxylation is 1. The third-order valence-electron chi connectivity index (χ3n) is 2.76. The molecule has 1 aliphatic rings. The van der Waals surface area contributed by atoms with Crippen LogP contribution in [0, 0.1) is 6.92 Å². The average molecular weight is 242 g/mol. The van der Waals surface area contributed by atoms with E-state index in [1.54, 1.807) is 7.11 Å². The lowest BCUT2D eigenvalue weighted by molar-refractivity contribution is 0.0275. The van der Waals surface area contributed by atoms with Crippen molar-refractivity contribution in [1.29, 1.82) is 0 Å². The van der Waals surface area contributed by atoms with Gasteiger partial charge in [0.05, 0.1) is 24.8 Å². The molecule has 88 valence electrons. The monoisotopic (exact) mass is 241 g/mol. The standard InChI is InChI=1S/C12H16ClNO2/c1-8-5-9(6-10(15-2)12(8)13)11-7-14-3-4-16-11/h5-6,11,14H,3-4,7H2,1-2H3. The predicted octanol–water partition coefficient (Wildman–Crippen LogP) is 2.32. The Labute approximate surface area is 101 Å². The predicted molar refractivity (Wildman–Crippen MR) is 64.3 cm³/mol. The molecule has 1 aliphatic heterocycles. The molecule has 1 atom stereocenters. The van der Waals surface area contributed by atoms with E-state index in [2.05, 4.69) is 11.4 Å². The van der Waals surface area contributed by atoms with Gasteiger partial charge in [-0.15, -0.1) is 0 Å². The second kappa shape index (κ2) is 5.04. The van der Waals surface area contributed by atoms with Gasteiger partial charge in [-0.2, -0.15) is 0 Å². The van der Waals surface area contributed by atoms with Gasteiger partial charge in [0.1, 0.15) is 5.75 Å². The quantitative estimate of drug-likeness (QED) is 0.862. The summed E-state index contributed by atoms with van der Waals surface area (Å²) in [5, 5.41) is 3.98. The van der Waals surface area contributed by atoms with Crippen molar-refractivity contribution in [3.05, 3.63) is 28.3 Å². The largest absolute Gasteiger partial charge is 0.495 e. The van der Waals surface area contributed by atoms with Gasteiger partial charge in [0.15, 0.2) is 0 Å². The summed E-state index contributed by atoms with van der Waals surface area (Å²) in [6.07, 6.45) is 0.0959. The van der Waals surface area contributed by atoms with E-state index in [0.717, 1.165) is 30.8 Å². The first-order valence-electron chi connectivity index (χ1n) is 5.38. The van der Waals surface area contributed by atoms with Crippen molar-refractivity contribution in [3.8, 4) is 5.75 Å². The van der Waals surface area contributed by atoms with Crippen LogP contribution in [0.1, 0.15) is 17.2 Å². The molecule has 0 radical (unpaired) electrons. The molecule has 0 spiro atoms. The van der Waals surface area contributed by atoms with Crippen LogP contribution in [0.3, 0.4) is 0 Å². The number of rotatable bonds is 2. The fourth-order valence-electron chi connectivity index (χ4n) is 1.88. The molecular formula is C12H16ClNO2. The Morgan fingerprint density at radius 2 is 2.31 bits per heavy atom. The summed E-state index contributed by atoms with van der Waals surface area (Å²) in [6.45, 7) is 4.48. The second-order valence-corrected chi connectivity index (χ2v) is 4.30. The van der Waals surface area contributed by atoms with Crippen LogP contribution in [0.5, 0.6) is 5.75 Å². The Morgan fingerprint density at radius 1 is 1.50 bits per heavy atom. The molecule has 16 heavy (non-hydrogen) atoms. The van der Waals surface area contributed by atoms with Crippen molar-refractivity contribution < 1.29 is 9.47 Å². The first-order valence-corrected chi connectivity index (χ1v) is 5.76. The molecule has 1 fully saturated rings. The van der Waals surface area contributed by atoms with Crippen LogP contribution in [0.2, 0.25) is 5.02 Å². The maximum absolute atomic E-state index is 6.12. The van der Waals surface area contributed by atoms with E-state index in [-0.39, 0.29) is 6.10 Å². The summed E-state index contributed by atoms with van der Waals surface area (Å²) in [5.41, 5.74) is 2.14. The lowest BCUT2D eigenvalue weighted by Gasteiger charge is -2.24. The first kappa shape index (κ1) is 11.7. The van der Waals surface area contributed by atoms with Crippen LogP contribution >= 0.6 is 11.6 Å². The number of morpholine rings is 1. The van der Waals surface area contributed by atoms with Crippen LogP contribution in [-0.2, 0) is 4.74 Å². The number of methoxy groups -OCH3 is 1. The molecule has 4 heteroatoms. The van der Waals surface area contributed by atoms with Crippen LogP contribution in [0.15, 0.2) is 12.1 Å². The van der Waals surface area contributed by atoms with Gasteiger partial charge in [-0.3, -0.25) is 0 Å². The van der Waals surface area contributed by atoms with E-state index in [9.17, 15) is 0 Å². The van der Waals surface area contributed by atoms with Crippen molar-refractivity contribution in [2.24, 2.45) is 0 Å². The Balaban J connectivity index is 2.29. The maximum Gasteiger partial charge on any atom is 0.138 e. The average Bonchev–Trinajstić information content (AvgIpc) is 2.33. The van der Waals surface area contributed by atoms with E-state index < -0.39 is 0 Å². The van der Waals surface area contributed by atoms with Gasteiger partial charge >= 0.3 is 0 Å². The fourth-order valence-corrected chi connectivity index (χ4v) is 2.06. The topological polar surface area (TPSA) is 30.5 Å². The summed E-state index contributed by atoms with van der Waals surface area (Å²) >= 11 is 6.12. The molecule has 0 bridgehead atoms. The molecule has 0 aromatic heterocycles. The summed E-state index contributed by atoms with van der Waals surface area (Å²) in [6, 6.07) is 4.01. The highest BCUT2D eigenvalue weighted by Gasteiger charge is 2.18. The van der Waals surface area contributed by atoms with Gasteiger partial charge in [-0.25, -0.2) is 0 Å².